The molecule has 0 saturated carbocycles. The predicted molar refractivity (Wildman–Crippen MR) is 123 cm³/mol. The van der Waals surface area contributed by atoms with Crippen molar-refractivity contribution in [3.8, 4) is 11.1 Å². The number of carbonyl (C=O) groups is 3. The van der Waals surface area contributed by atoms with Gasteiger partial charge in [0.1, 0.15) is 12.6 Å². The van der Waals surface area contributed by atoms with Crippen molar-refractivity contribution in [2.75, 3.05) is 13.7 Å². The number of hydrogen-bond donors (Lipinski definition) is 3. The van der Waals surface area contributed by atoms with E-state index in [0.29, 0.717) is 6.42 Å². The Bertz CT molecular complexity index is 962. The van der Waals surface area contributed by atoms with E-state index in [9.17, 15) is 14.4 Å². The lowest BCUT2D eigenvalue weighted by Gasteiger charge is -2.25. The van der Waals surface area contributed by atoms with Crippen molar-refractivity contribution in [2.24, 2.45) is 0 Å². The van der Waals surface area contributed by atoms with Gasteiger partial charge in [0.25, 0.3) is 0 Å². The molecule has 0 aliphatic heterocycles. The Balaban J connectivity index is 1.66. The van der Waals surface area contributed by atoms with Crippen molar-refractivity contribution in [2.45, 2.75) is 50.8 Å². The largest absolute Gasteiger partial charge is 0.481 e. The lowest BCUT2D eigenvalue weighted by molar-refractivity contribution is -0.138. The highest BCUT2D eigenvalue weighted by molar-refractivity contribution is 5.87. The van der Waals surface area contributed by atoms with Gasteiger partial charge in [-0.2, -0.15) is 0 Å². The topological polar surface area (TPSA) is 114 Å². The van der Waals surface area contributed by atoms with Gasteiger partial charge < -0.3 is 25.2 Å². The zero-order chi connectivity index (χ0) is 24.0. The van der Waals surface area contributed by atoms with Crippen LogP contribution in [0.3, 0.4) is 0 Å². The Hall–Kier alpha value is -3.39. The summed E-state index contributed by atoms with van der Waals surface area (Å²) in [6, 6.07) is 14.4. The Morgan fingerprint density at radius 1 is 1.00 bits per heavy atom. The minimum absolute atomic E-state index is 0.102. The summed E-state index contributed by atoms with van der Waals surface area (Å²) in [5.41, 5.74) is 4.42. The minimum atomic E-state index is -1.03. The molecule has 2 amide bonds. The number of hydrogen-bond acceptors (Lipinski definition) is 5. The van der Waals surface area contributed by atoms with Crippen LogP contribution >= 0.6 is 0 Å². The van der Waals surface area contributed by atoms with E-state index in [1.54, 1.807) is 13.8 Å². The van der Waals surface area contributed by atoms with Crippen molar-refractivity contribution in [1.82, 2.24) is 10.6 Å². The van der Waals surface area contributed by atoms with Gasteiger partial charge in [0.2, 0.25) is 5.91 Å². The third-order valence-corrected chi connectivity index (χ3v) is 6.00. The summed E-state index contributed by atoms with van der Waals surface area (Å²) in [6.45, 7) is 3.54. The fourth-order valence-corrected chi connectivity index (χ4v) is 4.10. The molecule has 0 bridgehead atoms. The molecular formula is C25H30N2O6. The van der Waals surface area contributed by atoms with Crippen LogP contribution in [0.4, 0.5) is 4.79 Å². The number of benzene rings is 2. The first-order chi connectivity index (χ1) is 15.8. The Morgan fingerprint density at radius 2 is 1.58 bits per heavy atom. The number of amides is 2. The maximum Gasteiger partial charge on any atom is 0.407 e. The molecule has 8 heteroatoms. The van der Waals surface area contributed by atoms with Gasteiger partial charge in [-0.1, -0.05) is 55.5 Å². The molecule has 8 nitrogen and oxygen atoms in total. The highest BCUT2D eigenvalue weighted by Gasteiger charge is 2.32. The van der Waals surface area contributed by atoms with Crippen molar-refractivity contribution in [3.05, 3.63) is 59.7 Å². The molecule has 3 atom stereocenters. The highest BCUT2D eigenvalue weighted by atomic mass is 16.5. The van der Waals surface area contributed by atoms with Gasteiger partial charge >= 0.3 is 12.1 Å². The summed E-state index contributed by atoms with van der Waals surface area (Å²) in [5.74, 6) is -1.63. The van der Waals surface area contributed by atoms with Crippen LogP contribution in [0.2, 0.25) is 0 Å². The number of rotatable bonds is 10. The van der Waals surface area contributed by atoms with Crippen LogP contribution in [0.1, 0.15) is 43.7 Å². The van der Waals surface area contributed by atoms with Gasteiger partial charge in [-0.15, -0.1) is 0 Å². The number of carboxylic acids is 1. The maximum absolute atomic E-state index is 12.8. The van der Waals surface area contributed by atoms with E-state index >= 15 is 0 Å². The second-order valence-electron chi connectivity index (χ2n) is 8.10. The van der Waals surface area contributed by atoms with E-state index in [1.807, 2.05) is 36.4 Å². The zero-order valence-corrected chi connectivity index (χ0v) is 19.0. The van der Waals surface area contributed by atoms with Gasteiger partial charge in [0.15, 0.2) is 0 Å². The monoisotopic (exact) mass is 454 g/mol. The third-order valence-electron chi connectivity index (χ3n) is 6.00. The Labute approximate surface area is 193 Å². The summed E-state index contributed by atoms with van der Waals surface area (Å²) in [6.07, 6.45) is -1.15. The van der Waals surface area contributed by atoms with E-state index in [2.05, 4.69) is 22.8 Å². The molecule has 0 spiro atoms. The second kappa shape index (κ2) is 11.0. The minimum Gasteiger partial charge on any atom is -0.481 e. The molecule has 33 heavy (non-hydrogen) atoms. The molecule has 0 saturated heterocycles. The Morgan fingerprint density at radius 3 is 2.09 bits per heavy atom. The predicted octanol–water partition coefficient (Wildman–Crippen LogP) is 3.30. The second-order valence-corrected chi connectivity index (χ2v) is 8.10. The number of ether oxygens (including phenoxy) is 2. The molecule has 0 fully saturated rings. The first kappa shape index (κ1) is 24.3. The highest BCUT2D eigenvalue weighted by Crippen LogP contribution is 2.44. The lowest BCUT2D eigenvalue weighted by Crippen LogP contribution is -2.55. The van der Waals surface area contributed by atoms with E-state index in [4.69, 9.17) is 14.6 Å². The normalized spacial score (nSPS) is 15.0. The number of carboxylic acid groups (broad SMARTS) is 1. The zero-order valence-electron chi connectivity index (χ0n) is 19.0. The molecule has 1 aliphatic rings. The van der Waals surface area contributed by atoms with Crippen LogP contribution in [0.25, 0.3) is 11.1 Å². The fraction of sp³-hybridized carbons (Fsp3) is 0.400. The molecule has 3 rings (SSSR count). The van der Waals surface area contributed by atoms with Crippen LogP contribution in [0.15, 0.2) is 48.5 Å². The standard InChI is InChI=1S/C25H30N2O6/c1-4-16(13-22(28)29)26-24(30)23(15(2)32-3)27-25(31)33-14-21-19-11-7-5-9-17(19)18-10-6-8-12-20(18)21/h5-12,15-16,21,23H,4,13-14H2,1-3H3,(H,26,30)(H,27,31)(H,28,29). The van der Waals surface area contributed by atoms with Crippen LogP contribution in [-0.2, 0) is 19.1 Å². The van der Waals surface area contributed by atoms with Gasteiger partial charge in [-0.05, 0) is 35.6 Å². The molecule has 176 valence electrons. The van der Waals surface area contributed by atoms with Crippen LogP contribution in [0.5, 0.6) is 0 Å². The van der Waals surface area contributed by atoms with Crippen molar-refractivity contribution in [3.63, 3.8) is 0 Å². The van der Waals surface area contributed by atoms with Gasteiger partial charge in [-0.25, -0.2) is 4.79 Å². The number of nitrogens with one attached hydrogen (secondary N) is 2. The maximum atomic E-state index is 12.8. The molecule has 0 radical (unpaired) electrons. The van der Waals surface area contributed by atoms with Crippen molar-refractivity contribution < 1.29 is 29.0 Å². The summed E-state index contributed by atoms with van der Waals surface area (Å²) in [4.78, 5) is 36.4. The van der Waals surface area contributed by atoms with E-state index in [-0.39, 0.29) is 18.9 Å². The molecule has 0 aromatic heterocycles. The quantitative estimate of drug-likeness (QED) is 0.508. The fourth-order valence-electron chi connectivity index (χ4n) is 4.10. The molecule has 3 unspecified atom stereocenters. The smallest absolute Gasteiger partial charge is 0.407 e. The van der Waals surface area contributed by atoms with Gasteiger partial charge in [0.05, 0.1) is 12.5 Å². The number of fused-ring (bicyclic) bond motifs is 3. The van der Waals surface area contributed by atoms with Gasteiger partial charge in [-0.3, -0.25) is 9.59 Å². The Kier molecular flexibility index (Phi) is 8.06. The van der Waals surface area contributed by atoms with Crippen molar-refractivity contribution in [1.29, 1.82) is 0 Å². The number of methoxy groups -OCH3 is 1. The van der Waals surface area contributed by atoms with E-state index in [0.717, 1.165) is 22.3 Å². The SMILES string of the molecule is CCC(CC(=O)O)NC(=O)C(NC(=O)OCC1c2ccccc2-c2ccccc21)C(C)OC. The first-order valence-electron chi connectivity index (χ1n) is 11.0. The summed E-state index contributed by atoms with van der Waals surface area (Å²) in [7, 11) is 1.43. The number of aliphatic carboxylic acids is 1. The van der Waals surface area contributed by atoms with E-state index in [1.165, 1.54) is 7.11 Å². The van der Waals surface area contributed by atoms with Crippen LogP contribution < -0.4 is 10.6 Å². The molecular weight excluding hydrogens is 424 g/mol. The number of alkyl carbamates (subject to hydrolysis) is 1. The first-order valence-corrected chi connectivity index (χ1v) is 11.0. The third kappa shape index (κ3) is 5.70. The lowest BCUT2D eigenvalue weighted by atomic mass is 9.98. The summed E-state index contributed by atoms with van der Waals surface area (Å²) >= 11 is 0. The molecule has 1 aliphatic carbocycles. The number of carbonyl (C=O) groups excluding carboxylic acids is 2. The molecule has 2 aromatic carbocycles. The van der Waals surface area contributed by atoms with Crippen molar-refractivity contribution >= 4 is 18.0 Å². The summed E-state index contributed by atoms with van der Waals surface area (Å²) in [5, 5.41) is 14.3. The van der Waals surface area contributed by atoms with Crippen LogP contribution in [0, 0.1) is 0 Å². The molecule has 2 aromatic rings. The molecule has 3 N–H and O–H groups in total. The molecule has 0 heterocycles. The van der Waals surface area contributed by atoms with Gasteiger partial charge in [0, 0.05) is 19.1 Å². The van der Waals surface area contributed by atoms with E-state index < -0.39 is 36.2 Å². The summed E-state index contributed by atoms with van der Waals surface area (Å²) < 4.78 is 10.8. The average Bonchev–Trinajstić information content (AvgIpc) is 3.13. The van der Waals surface area contributed by atoms with Crippen LogP contribution in [-0.4, -0.2) is 55.0 Å². The average molecular weight is 455 g/mol.